The van der Waals surface area contributed by atoms with Crippen molar-refractivity contribution in [3.8, 4) is 23.1 Å². The van der Waals surface area contributed by atoms with Crippen LogP contribution in [0.5, 0.6) is 11.5 Å². The molecule has 0 saturated heterocycles. The van der Waals surface area contributed by atoms with Gasteiger partial charge in [0.2, 0.25) is 5.82 Å². The first-order valence-corrected chi connectivity index (χ1v) is 13.6. The van der Waals surface area contributed by atoms with E-state index in [2.05, 4.69) is 21.0 Å². The molecule has 9 nitrogen and oxygen atoms in total. The average molecular weight is 624 g/mol. The fraction of sp³-hybridized carbons (Fsp3) is 0.0625. The topological polar surface area (TPSA) is 116 Å². The highest BCUT2D eigenvalue weighted by molar-refractivity contribution is 9.10. The zero-order valence-corrected chi connectivity index (χ0v) is 23.7. The predicted molar refractivity (Wildman–Crippen MR) is 163 cm³/mol. The van der Waals surface area contributed by atoms with E-state index in [-0.39, 0.29) is 23.6 Å². The van der Waals surface area contributed by atoms with Crippen molar-refractivity contribution in [2.45, 2.75) is 6.61 Å². The highest BCUT2D eigenvalue weighted by atomic mass is 79.9. The van der Waals surface area contributed by atoms with Gasteiger partial charge < -0.3 is 19.0 Å². The van der Waals surface area contributed by atoms with E-state index in [1.165, 1.54) is 24.1 Å². The summed E-state index contributed by atoms with van der Waals surface area (Å²) in [5, 5.41) is 15.2. The Labute approximate surface area is 247 Å². The van der Waals surface area contributed by atoms with Gasteiger partial charge in [-0.1, -0.05) is 58.4 Å². The second-order valence-corrected chi connectivity index (χ2v) is 10.2. The van der Waals surface area contributed by atoms with Gasteiger partial charge in [-0.15, -0.1) is 0 Å². The van der Waals surface area contributed by atoms with Crippen molar-refractivity contribution in [2.75, 3.05) is 7.11 Å². The Balaban J connectivity index is 1.45. The maximum atomic E-state index is 13.7. The lowest BCUT2D eigenvalue weighted by molar-refractivity contribution is 0.0696. The molecular weight excluding hydrogens is 602 g/mol. The van der Waals surface area contributed by atoms with Gasteiger partial charge in [0.05, 0.1) is 29.8 Å². The molecule has 2 aromatic heterocycles. The number of carboxylic acids is 1. The van der Waals surface area contributed by atoms with Crippen LogP contribution in [0.2, 0.25) is 0 Å². The Morgan fingerprint density at radius 2 is 1.86 bits per heavy atom. The third-order valence-corrected chi connectivity index (χ3v) is 7.00. The minimum atomic E-state index is -1.03. The van der Waals surface area contributed by atoms with Crippen LogP contribution < -0.4 is 15.0 Å². The van der Waals surface area contributed by atoms with Crippen molar-refractivity contribution in [1.82, 2.24) is 9.66 Å². The highest BCUT2D eigenvalue weighted by Crippen LogP contribution is 2.35. The summed E-state index contributed by atoms with van der Waals surface area (Å²) in [5.74, 6) is 0.374. The molecule has 0 saturated carbocycles. The van der Waals surface area contributed by atoms with Gasteiger partial charge in [-0.05, 0) is 54.1 Å². The van der Waals surface area contributed by atoms with Gasteiger partial charge in [0, 0.05) is 15.4 Å². The summed E-state index contributed by atoms with van der Waals surface area (Å²) in [7, 11) is 1.51. The third-order valence-electron chi connectivity index (χ3n) is 6.54. The minimum absolute atomic E-state index is 0.0711. The van der Waals surface area contributed by atoms with Gasteiger partial charge in [0.15, 0.2) is 17.3 Å². The molecule has 0 aliphatic rings. The zero-order valence-electron chi connectivity index (χ0n) is 22.2. The van der Waals surface area contributed by atoms with Crippen LogP contribution in [0.4, 0.5) is 0 Å². The first-order chi connectivity index (χ1) is 20.4. The molecule has 0 aliphatic carbocycles. The summed E-state index contributed by atoms with van der Waals surface area (Å²) in [6.07, 6.45) is 1.49. The number of benzene rings is 4. The maximum Gasteiger partial charge on any atom is 0.335 e. The second kappa shape index (κ2) is 11.3. The Bertz CT molecular complexity index is 2030. The van der Waals surface area contributed by atoms with Gasteiger partial charge in [0.25, 0.3) is 5.56 Å². The van der Waals surface area contributed by atoms with E-state index in [1.54, 1.807) is 48.5 Å². The molecule has 0 unspecified atom stereocenters. The van der Waals surface area contributed by atoms with Crippen LogP contribution in [-0.4, -0.2) is 34.1 Å². The fourth-order valence-corrected chi connectivity index (χ4v) is 5.00. The summed E-state index contributed by atoms with van der Waals surface area (Å²) in [5.41, 5.74) is 2.12. The van der Waals surface area contributed by atoms with Gasteiger partial charge >= 0.3 is 5.97 Å². The fourth-order valence-electron chi connectivity index (χ4n) is 4.54. The number of carbonyl (C=O) groups is 1. The SMILES string of the molecule is COc1cc(Br)cc(C=Nn2c(-c3cc4ccccc4o3)nc3ccccc3c2=O)c1OCc1cccc(C(=O)O)c1. The molecule has 0 radical (unpaired) electrons. The quantitative estimate of drug-likeness (QED) is 0.187. The number of ether oxygens (including phenoxy) is 2. The molecule has 208 valence electrons. The molecule has 10 heteroatoms. The van der Waals surface area contributed by atoms with Crippen LogP contribution in [0.1, 0.15) is 21.5 Å². The number of methoxy groups -OCH3 is 1. The van der Waals surface area contributed by atoms with Crippen molar-refractivity contribution < 1.29 is 23.8 Å². The lowest BCUT2D eigenvalue weighted by Gasteiger charge is -2.14. The van der Waals surface area contributed by atoms with Crippen molar-refractivity contribution in [2.24, 2.45) is 5.10 Å². The lowest BCUT2D eigenvalue weighted by Crippen LogP contribution is -2.20. The van der Waals surface area contributed by atoms with Gasteiger partial charge in [-0.3, -0.25) is 4.79 Å². The molecule has 6 aromatic rings. The first-order valence-electron chi connectivity index (χ1n) is 12.8. The number of aromatic carboxylic acids is 1. The van der Waals surface area contributed by atoms with E-state index in [0.717, 1.165) is 5.39 Å². The van der Waals surface area contributed by atoms with E-state index in [9.17, 15) is 14.7 Å². The number of halogens is 1. The Morgan fingerprint density at radius 3 is 2.67 bits per heavy atom. The van der Waals surface area contributed by atoms with Gasteiger partial charge in [-0.25, -0.2) is 9.78 Å². The zero-order chi connectivity index (χ0) is 29.2. The molecule has 6 rings (SSSR count). The minimum Gasteiger partial charge on any atom is -0.493 e. The molecule has 2 heterocycles. The largest absolute Gasteiger partial charge is 0.493 e. The number of carboxylic acid groups (broad SMARTS) is 1. The van der Waals surface area contributed by atoms with Crippen molar-refractivity contribution in [3.05, 3.63) is 123 Å². The number of hydrogen-bond donors (Lipinski definition) is 1. The molecule has 1 N–H and O–H groups in total. The van der Waals surface area contributed by atoms with Crippen molar-refractivity contribution in [1.29, 1.82) is 0 Å². The van der Waals surface area contributed by atoms with Gasteiger partial charge in [0.1, 0.15) is 12.2 Å². The van der Waals surface area contributed by atoms with Crippen molar-refractivity contribution >= 4 is 50.0 Å². The second-order valence-electron chi connectivity index (χ2n) is 9.28. The number of furan rings is 1. The number of para-hydroxylation sites is 2. The van der Waals surface area contributed by atoms with E-state index >= 15 is 0 Å². The van der Waals surface area contributed by atoms with E-state index in [1.807, 2.05) is 36.4 Å². The number of nitrogens with zero attached hydrogens (tertiary/aromatic N) is 3. The number of rotatable bonds is 8. The van der Waals surface area contributed by atoms with Crippen molar-refractivity contribution in [3.63, 3.8) is 0 Å². The van der Waals surface area contributed by atoms with Crippen LogP contribution >= 0.6 is 15.9 Å². The van der Waals surface area contributed by atoms with Crippen LogP contribution in [0, 0.1) is 0 Å². The summed E-state index contributed by atoms with van der Waals surface area (Å²) in [6.45, 7) is 0.0711. The Morgan fingerprint density at radius 1 is 1.05 bits per heavy atom. The molecule has 4 aromatic carbocycles. The molecular formula is C32H22BrN3O6. The molecule has 0 fully saturated rings. The smallest absolute Gasteiger partial charge is 0.335 e. The molecule has 0 spiro atoms. The van der Waals surface area contributed by atoms with E-state index in [4.69, 9.17) is 18.9 Å². The van der Waals surface area contributed by atoms with Crippen LogP contribution in [0.15, 0.2) is 110 Å². The standard InChI is InChI=1S/C32H22BrN3O6/c1-40-27-16-23(33)14-22(29(27)41-18-19-7-6-9-21(13-19)32(38)39)17-34-36-30(28-15-20-8-2-5-12-26(20)42-28)35-25-11-4-3-10-24(25)31(36)37/h2-17H,18H2,1H3,(H,38,39). The van der Waals surface area contributed by atoms with Crippen LogP contribution in [0.3, 0.4) is 0 Å². The van der Waals surface area contributed by atoms with Gasteiger partial charge in [-0.2, -0.15) is 9.78 Å². The van der Waals surface area contributed by atoms with E-state index in [0.29, 0.717) is 49.3 Å². The highest BCUT2D eigenvalue weighted by Gasteiger charge is 2.18. The summed E-state index contributed by atoms with van der Waals surface area (Å²) < 4.78 is 19.7. The Hall–Kier alpha value is -5.22. The van der Waals surface area contributed by atoms with Crippen LogP contribution in [-0.2, 0) is 6.61 Å². The van der Waals surface area contributed by atoms with E-state index < -0.39 is 5.97 Å². The van der Waals surface area contributed by atoms with Crippen LogP contribution in [0.25, 0.3) is 33.5 Å². The third kappa shape index (κ3) is 5.27. The normalized spacial score (nSPS) is 11.4. The number of hydrogen-bond acceptors (Lipinski definition) is 7. The number of aromatic nitrogens is 2. The summed E-state index contributed by atoms with van der Waals surface area (Å²) in [6, 6.07) is 26.4. The Kier molecular flexibility index (Phi) is 7.28. The summed E-state index contributed by atoms with van der Waals surface area (Å²) in [4.78, 5) is 29.8. The summed E-state index contributed by atoms with van der Waals surface area (Å²) >= 11 is 3.50. The average Bonchev–Trinajstić information content (AvgIpc) is 3.44. The molecule has 0 amide bonds. The predicted octanol–water partition coefficient (Wildman–Crippen LogP) is 6.74. The molecule has 42 heavy (non-hydrogen) atoms. The first kappa shape index (κ1) is 27.0. The molecule has 0 aliphatic heterocycles. The number of fused-ring (bicyclic) bond motifs is 2. The maximum absolute atomic E-state index is 13.7. The molecule has 0 atom stereocenters. The lowest BCUT2D eigenvalue weighted by atomic mass is 10.1. The molecule has 0 bridgehead atoms. The monoisotopic (exact) mass is 623 g/mol.